The SMILES string of the molecule is CNCC1CCN(c2cnn(CC3CC3)c(=O)c2Br)CC1. The predicted octanol–water partition coefficient (Wildman–Crippen LogP) is 1.85. The van der Waals surface area contributed by atoms with E-state index in [1.165, 1.54) is 25.7 Å². The van der Waals surface area contributed by atoms with Gasteiger partial charge in [0.15, 0.2) is 0 Å². The van der Waals surface area contributed by atoms with Gasteiger partial charge in [-0.05, 0) is 67.0 Å². The lowest BCUT2D eigenvalue weighted by atomic mass is 9.96. The number of nitrogens with zero attached hydrogens (tertiary/aromatic N) is 3. The Morgan fingerprint density at radius 1 is 1.29 bits per heavy atom. The summed E-state index contributed by atoms with van der Waals surface area (Å²) >= 11 is 3.50. The highest BCUT2D eigenvalue weighted by Crippen LogP contribution is 2.31. The first-order chi connectivity index (χ1) is 10.2. The second-order valence-electron chi connectivity index (χ2n) is 6.26. The Bertz CT molecular complexity index is 547. The molecule has 1 saturated heterocycles. The molecule has 0 atom stereocenters. The lowest BCUT2D eigenvalue weighted by Crippen LogP contribution is -2.38. The molecule has 0 amide bonds. The number of nitrogens with one attached hydrogen (secondary N) is 1. The molecule has 0 spiro atoms. The number of aromatic nitrogens is 2. The molecule has 2 fully saturated rings. The van der Waals surface area contributed by atoms with Crippen LogP contribution in [0.4, 0.5) is 5.69 Å². The van der Waals surface area contributed by atoms with Crippen molar-refractivity contribution in [3.63, 3.8) is 0 Å². The summed E-state index contributed by atoms with van der Waals surface area (Å²) in [6, 6.07) is 0. The van der Waals surface area contributed by atoms with Crippen molar-refractivity contribution in [2.75, 3.05) is 31.6 Å². The van der Waals surface area contributed by atoms with Gasteiger partial charge in [-0.2, -0.15) is 5.10 Å². The van der Waals surface area contributed by atoms with Crippen LogP contribution in [0.1, 0.15) is 25.7 Å². The van der Waals surface area contributed by atoms with E-state index >= 15 is 0 Å². The van der Waals surface area contributed by atoms with Gasteiger partial charge in [0.2, 0.25) is 0 Å². The molecule has 1 aromatic rings. The highest BCUT2D eigenvalue weighted by atomic mass is 79.9. The number of hydrogen-bond acceptors (Lipinski definition) is 4. The first-order valence-electron chi connectivity index (χ1n) is 7.84. The number of piperidine rings is 1. The van der Waals surface area contributed by atoms with Gasteiger partial charge in [-0.1, -0.05) is 0 Å². The van der Waals surface area contributed by atoms with Crippen LogP contribution in [0.3, 0.4) is 0 Å². The van der Waals surface area contributed by atoms with E-state index in [2.05, 4.69) is 31.2 Å². The lowest BCUT2D eigenvalue weighted by Gasteiger charge is -2.33. The molecule has 2 heterocycles. The number of rotatable bonds is 5. The van der Waals surface area contributed by atoms with Crippen molar-refractivity contribution in [3.05, 3.63) is 21.0 Å². The normalized spacial score (nSPS) is 20.0. The van der Waals surface area contributed by atoms with Gasteiger partial charge in [0.25, 0.3) is 5.56 Å². The molecule has 21 heavy (non-hydrogen) atoms. The fraction of sp³-hybridized carbons (Fsp3) is 0.733. The third kappa shape index (κ3) is 3.48. The first-order valence-corrected chi connectivity index (χ1v) is 8.63. The van der Waals surface area contributed by atoms with E-state index in [1.807, 2.05) is 13.2 Å². The van der Waals surface area contributed by atoms with Crippen LogP contribution in [0.25, 0.3) is 0 Å². The molecular weight excluding hydrogens is 332 g/mol. The molecule has 1 saturated carbocycles. The third-order valence-electron chi connectivity index (χ3n) is 4.54. The summed E-state index contributed by atoms with van der Waals surface area (Å²) in [5.41, 5.74) is 0.965. The molecular formula is C15H23BrN4O. The Morgan fingerprint density at radius 3 is 2.62 bits per heavy atom. The molecule has 0 unspecified atom stereocenters. The number of hydrogen-bond donors (Lipinski definition) is 1. The van der Waals surface area contributed by atoms with Crippen LogP contribution < -0.4 is 15.8 Å². The van der Waals surface area contributed by atoms with Crippen LogP contribution in [-0.4, -0.2) is 36.5 Å². The Labute approximate surface area is 133 Å². The van der Waals surface area contributed by atoms with Crippen molar-refractivity contribution in [2.24, 2.45) is 11.8 Å². The molecule has 0 aromatic carbocycles. The predicted molar refractivity (Wildman–Crippen MR) is 87.8 cm³/mol. The van der Waals surface area contributed by atoms with Gasteiger partial charge in [0.05, 0.1) is 11.9 Å². The highest BCUT2D eigenvalue weighted by molar-refractivity contribution is 9.10. The standard InChI is InChI=1S/C15H23BrN4O/c1-17-8-11-4-6-19(7-5-11)13-9-18-20(10-12-2-3-12)15(21)14(13)16/h9,11-12,17H,2-8,10H2,1H3. The maximum absolute atomic E-state index is 12.4. The molecule has 1 aliphatic carbocycles. The van der Waals surface area contributed by atoms with E-state index in [-0.39, 0.29) is 5.56 Å². The second kappa shape index (κ2) is 6.48. The van der Waals surface area contributed by atoms with E-state index in [9.17, 15) is 4.79 Å². The molecule has 0 radical (unpaired) electrons. The molecule has 1 aromatic heterocycles. The van der Waals surface area contributed by atoms with Gasteiger partial charge >= 0.3 is 0 Å². The minimum Gasteiger partial charge on any atom is -0.369 e. The van der Waals surface area contributed by atoms with Crippen molar-refractivity contribution < 1.29 is 0 Å². The molecule has 3 rings (SSSR count). The van der Waals surface area contributed by atoms with Crippen LogP contribution in [0.15, 0.2) is 15.5 Å². The molecule has 2 aliphatic rings. The smallest absolute Gasteiger partial charge is 0.283 e. The minimum atomic E-state index is 0.0109. The maximum Gasteiger partial charge on any atom is 0.283 e. The van der Waals surface area contributed by atoms with Gasteiger partial charge < -0.3 is 10.2 Å². The van der Waals surface area contributed by atoms with Gasteiger partial charge in [-0.25, -0.2) is 4.68 Å². The van der Waals surface area contributed by atoms with Crippen molar-refractivity contribution in [2.45, 2.75) is 32.2 Å². The van der Waals surface area contributed by atoms with Crippen LogP contribution in [-0.2, 0) is 6.54 Å². The Hall–Kier alpha value is -0.880. The highest BCUT2D eigenvalue weighted by Gasteiger charge is 2.25. The molecule has 6 heteroatoms. The Balaban J connectivity index is 1.71. The fourth-order valence-electron chi connectivity index (χ4n) is 3.02. The topological polar surface area (TPSA) is 50.2 Å². The largest absolute Gasteiger partial charge is 0.369 e. The van der Waals surface area contributed by atoms with E-state index in [1.54, 1.807) is 4.68 Å². The molecule has 0 bridgehead atoms. The summed E-state index contributed by atoms with van der Waals surface area (Å²) in [6.45, 7) is 3.84. The second-order valence-corrected chi connectivity index (χ2v) is 7.06. The Kier molecular flexibility index (Phi) is 4.64. The third-order valence-corrected chi connectivity index (χ3v) is 5.29. The van der Waals surface area contributed by atoms with E-state index in [0.717, 1.165) is 37.8 Å². The van der Waals surface area contributed by atoms with Crippen LogP contribution in [0.5, 0.6) is 0 Å². The Morgan fingerprint density at radius 2 is 2.00 bits per heavy atom. The van der Waals surface area contributed by atoms with E-state index in [4.69, 9.17) is 0 Å². The van der Waals surface area contributed by atoms with Crippen molar-refractivity contribution in [1.29, 1.82) is 0 Å². The van der Waals surface area contributed by atoms with Crippen molar-refractivity contribution in [3.8, 4) is 0 Å². The zero-order chi connectivity index (χ0) is 14.8. The first kappa shape index (κ1) is 15.0. The molecule has 1 aliphatic heterocycles. The summed E-state index contributed by atoms with van der Waals surface area (Å²) < 4.78 is 2.28. The monoisotopic (exact) mass is 354 g/mol. The lowest BCUT2D eigenvalue weighted by molar-refractivity contribution is 0.392. The number of halogens is 1. The summed E-state index contributed by atoms with van der Waals surface area (Å²) in [5, 5.41) is 7.62. The van der Waals surface area contributed by atoms with Crippen molar-refractivity contribution in [1.82, 2.24) is 15.1 Å². The average molecular weight is 355 g/mol. The fourth-order valence-corrected chi connectivity index (χ4v) is 3.58. The van der Waals surface area contributed by atoms with Gasteiger partial charge in [-0.3, -0.25) is 4.79 Å². The minimum absolute atomic E-state index is 0.0109. The molecule has 1 N–H and O–H groups in total. The van der Waals surface area contributed by atoms with Crippen LogP contribution in [0, 0.1) is 11.8 Å². The van der Waals surface area contributed by atoms with Gasteiger partial charge in [0.1, 0.15) is 4.47 Å². The van der Waals surface area contributed by atoms with Crippen LogP contribution in [0.2, 0.25) is 0 Å². The quantitative estimate of drug-likeness (QED) is 0.876. The molecule has 5 nitrogen and oxygen atoms in total. The average Bonchev–Trinajstić information content (AvgIpc) is 3.30. The summed E-state index contributed by atoms with van der Waals surface area (Å²) in [5.74, 6) is 1.40. The van der Waals surface area contributed by atoms with E-state index in [0.29, 0.717) is 10.4 Å². The van der Waals surface area contributed by atoms with Crippen molar-refractivity contribution >= 4 is 21.6 Å². The number of anilines is 1. The summed E-state index contributed by atoms with van der Waals surface area (Å²) in [4.78, 5) is 14.7. The zero-order valence-corrected chi connectivity index (χ0v) is 14.1. The summed E-state index contributed by atoms with van der Waals surface area (Å²) in [6.07, 6.45) is 6.64. The molecule has 116 valence electrons. The maximum atomic E-state index is 12.4. The van der Waals surface area contributed by atoms with Gasteiger partial charge in [-0.15, -0.1) is 0 Å². The summed E-state index contributed by atoms with van der Waals surface area (Å²) in [7, 11) is 2.01. The van der Waals surface area contributed by atoms with Crippen LogP contribution >= 0.6 is 15.9 Å². The van der Waals surface area contributed by atoms with E-state index < -0.39 is 0 Å². The zero-order valence-electron chi connectivity index (χ0n) is 12.5. The van der Waals surface area contributed by atoms with Gasteiger partial charge in [0, 0.05) is 19.6 Å².